The molecule has 0 aromatic heterocycles. The van der Waals surface area contributed by atoms with Crippen LogP contribution in [0.15, 0.2) is 11.1 Å². The zero-order valence-electron chi connectivity index (χ0n) is 8.03. The first-order valence-electron chi connectivity index (χ1n) is 4.39. The van der Waals surface area contributed by atoms with Crippen molar-refractivity contribution in [2.45, 2.75) is 47.0 Å². The first-order chi connectivity index (χ1) is 5.17. The van der Waals surface area contributed by atoms with E-state index in [1.807, 2.05) is 20.8 Å². The number of allylic oxidation sites excluding steroid dienone is 2. The average molecular weight is 154 g/mol. The number of rotatable bonds is 4. The zero-order chi connectivity index (χ0) is 8.85. The molecule has 0 aliphatic heterocycles. The van der Waals surface area contributed by atoms with Gasteiger partial charge in [-0.3, -0.25) is 4.79 Å². The van der Waals surface area contributed by atoms with E-state index < -0.39 is 0 Å². The monoisotopic (exact) mass is 154 g/mol. The number of hydrogen-bond acceptors (Lipinski definition) is 1. The maximum Gasteiger partial charge on any atom is 0.158 e. The van der Waals surface area contributed by atoms with Crippen LogP contribution in [-0.4, -0.2) is 5.78 Å². The predicted molar refractivity (Wildman–Crippen MR) is 48.6 cm³/mol. The van der Waals surface area contributed by atoms with Crippen molar-refractivity contribution in [1.29, 1.82) is 0 Å². The van der Waals surface area contributed by atoms with E-state index >= 15 is 0 Å². The van der Waals surface area contributed by atoms with E-state index in [1.54, 1.807) is 0 Å². The van der Waals surface area contributed by atoms with Crippen molar-refractivity contribution in [2.24, 2.45) is 0 Å². The largest absolute Gasteiger partial charge is 0.295 e. The third-order valence-electron chi connectivity index (χ3n) is 2.06. The van der Waals surface area contributed by atoms with Crippen LogP contribution >= 0.6 is 0 Å². The molecule has 0 N–H and O–H groups in total. The Hall–Kier alpha value is -0.590. The zero-order valence-corrected chi connectivity index (χ0v) is 8.03. The summed E-state index contributed by atoms with van der Waals surface area (Å²) in [6.45, 7) is 8.10. The van der Waals surface area contributed by atoms with Gasteiger partial charge in [-0.2, -0.15) is 0 Å². The van der Waals surface area contributed by atoms with Gasteiger partial charge in [0.2, 0.25) is 0 Å². The summed E-state index contributed by atoms with van der Waals surface area (Å²) in [4.78, 5) is 11.3. The molecule has 0 fully saturated rings. The number of ketones is 1. The average Bonchev–Trinajstić information content (AvgIpc) is 2.05. The molecule has 0 amide bonds. The van der Waals surface area contributed by atoms with Gasteiger partial charge in [0, 0.05) is 6.42 Å². The summed E-state index contributed by atoms with van der Waals surface area (Å²) >= 11 is 0. The van der Waals surface area contributed by atoms with Gasteiger partial charge in [-0.05, 0) is 25.3 Å². The van der Waals surface area contributed by atoms with Crippen LogP contribution in [0, 0.1) is 0 Å². The third kappa shape index (κ3) is 2.87. The molecule has 0 aromatic rings. The van der Waals surface area contributed by atoms with Gasteiger partial charge in [-0.1, -0.05) is 26.3 Å². The van der Waals surface area contributed by atoms with Crippen molar-refractivity contribution >= 4 is 5.78 Å². The van der Waals surface area contributed by atoms with Gasteiger partial charge >= 0.3 is 0 Å². The Morgan fingerprint density at radius 3 is 1.82 bits per heavy atom. The van der Waals surface area contributed by atoms with E-state index in [1.165, 1.54) is 5.57 Å². The molecule has 0 aromatic carbocycles. The molecule has 0 unspecified atom stereocenters. The van der Waals surface area contributed by atoms with Crippen molar-refractivity contribution in [3.63, 3.8) is 0 Å². The molecular weight excluding hydrogens is 136 g/mol. The van der Waals surface area contributed by atoms with Crippen molar-refractivity contribution in [3.8, 4) is 0 Å². The van der Waals surface area contributed by atoms with Crippen LogP contribution in [0.4, 0.5) is 0 Å². The van der Waals surface area contributed by atoms with E-state index in [4.69, 9.17) is 0 Å². The molecule has 1 nitrogen and oxygen atoms in total. The van der Waals surface area contributed by atoms with Gasteiger partial charge in [0.25, 0.3) is 0 Å². The normalized spacial score (nSPS) is 12.7. The van der Waals surface area contributed by atoms with Crippen LogP contribution in [0.1, 0.15) is 47.0 Å². The predicted octanol–water partition coefficient (Wildman–Crippen LogP) is 3.10. The van der Waals surface area contributed by atoms with Crippen LogP contribution in [-0.2, 0) is 4.79 Å². The lowest BCUT2D eigenvalue weighted by Gasteiger charge is -2.05. The fourth-order valence-electron chi connectivity index (χ4n) is 1.16. The van der Waals surface area contributed by atoms with Gasteiger partial charge in [-0.15, -0.1) is 0 Å². The number of hydrogen-bond donors (Lipinski definition) is 0. The quantitative estimate of drug-likeness (QED) is 0.569. The Morgan fingerprint density at radius 2 is 1.55 bits per heavy atom. The van der Waals surface area contributed by atoms with E-state index in [-0.39, 0.29) is 0 Å². The molecule has 0 saturated carbocycles. The first kappa shape index (κ1) is 10.4. The molecule has 1 heteroatoms. The van der Waals surface area contributed by atoms with Gasteiger partial charge in [0.15, 0.2) is 5.78 Å². The van der Waals surface area contributed by atoms with Gasteiger partial charge in [0.05, 0.1) is 0 Å². The molecule has 0 spiro atoms. The SMILES string of the molecule is CCC(=O)C(CC)=C(C)CC. The summed E-state index contributed by atoms with van der Waals surface area (Å²) in [5.41, 5.74) is 2.29. The highest BCUT2D eigenvalue weighted by molar-refractivity contribution is 5.95. The van der Waals surface area contributed by atoms with Gasteiger partial charge in [-0.25, -0.2) is 0 Å². The van der Waals surface area contributed by atoms with Crippen molar-refractivity contribution in [3.05, 3.63) is 11.1 Å². The maximum atomic E-state index is 11.3. The Morgan fingerprint density at radius 1 is 1.00 bits per heavy atom. The Kier molecular flexibility index (Phi) is 4.84. The number of carbonyl (C=O) groups is 1. The fourth-order valence-corrected chi connectivity index (χ4v) is 1.16. The highest BCUT2D eigenvalue weighted by Crippen LogP contribution is 2.13. The number of Topliss-reactive ketones (excluding diaryl/α,β-unsaturated/α-hetero) is 1. The van der Waals surface area contributed by atoms with E-state index in [2.05, 4.69) is 6.92 Å². The fraction of sp³-hybridized carbons (Fsp3) is 0.700. The first-order valence-corrected chi connectivity index (χ1v) is 4.39. The lowest BCUT2D eigenvalue weighted by atomic mass is 9.99. The highest BCUT2D eigenvalue weighted by Gasteiger charge is 2.06. The molecule has 0 aliphatic carbocycles. The highest BCUT2D eigenvalue weighted by atomic mass is 16.1. The smallest absolute Gasteiger partial charge is 0.158 e. The summed E-state index contributed by atoms with van der Waals surface area (Å²) in [5, 5.41) is 0. The van der Waals surface area contributed by atoms with Gasteiger partial charge < -0.3 is 0 Å². The van der Waals surface area contributed by atoms with E-state index in [0.717, 1.165) is 18.4 Å². The Bertz CT molecular complexity index is 166. The molecule has 11 heavy (non-hydrogen) atoms. The van der Waals surface area contributed by atoms with Crippen molar-refractivity contribution < 1.29 is 4.79 Å². The molecular formula is C10H18O. The molecule has 0 bridgehead atoms. The summed E-state index contributed by atoms with van der Waals surface area (Å²) in [6.07, 6.45) is 2.52. The van der Waals surface area contributed by atoms with Crippen LogP contribution in [0.3, 0.4) is 0 Å². The maximum absolute atomic E-state index is 11.3. The summed E-state index contributed by atoms with van der Waals surface area (Å²) in [5.74, 6) is 0.312. The van der Waals surface area contributed by atoms with Crippen LogP contribution in [0.2, 0.25) is 0 Å². The lowest BCUT2D eigenvalue weighted by molar-refractivity contribution is -0.115. The number of carbonyl (C=O) groups excluding carboxylic acids is 1. The second-order valence-electron chi connectivity index (χ2n) is 2.74. The molecule has 0 aliphatic rings. The Balaban J connectivity index is 4.50. The summed E-state index contributed by atoms with van der Waals surface area (Å²) < 4.78 is 0. The van der Waals surface area contributed by atoms with Crippen molar-refractivity contribution in [2.75, 3.05) is 0 Å². The standard InChI is InChI=1S/C10H18O/c1-5-8(4)9(6-2)10(11)7-3/h5-7H2,1-4H3. The minimum absolute atomic E-state index is 0.312. The molecule has 0 rings (SSSR count). The van der Waals surface area contributed by atoms with E-state index in [9.17, 15) is 4.79 Å². The molecule has 0 atom stereocenters. The lowest BCUT2D eigenvalue weighted by Crippen LogP contribution is -2.02. The second-order valence-corrected chi connectivity index (χ2v) is 2.74. The summed E-state index contributed by atoms with van der Waals surface area (Å²) in [6, 6.07) is 0. The van der Waals surface area contributed by atoms with Crippen LogP contribution in [0.25, 0.3) is 0 Å². The summed E-state index contributed by atoms with van der Waals surface area (Å²) in [7, 11) is 0. The van der Waals surface area contributed by atoms with Crippen LogP contribution < -0.4 is 0 Å². The Labute approximate surface area is 69.5 Å². The minimum Gasteiger partial charge on any atom is -0.295 e. The van der Waals surface area contributed by atoms with Gasteiger partial charge in [0.1, 0.15) is 0 Å². The van der Waals surface area contributed by atoms with Crippen molar-refractivity contribution in [1.82, 2.24) is 0 Å². The topological polar surface area (TPSA) is 17.1 Å². The third-order valence-corrected chi connectivity index (χ3v) is 2.06. The molecule has 64 valence electrons. The minimum atomic E-state index is 0.312. The van der Waals surface area contributed by atoms with E-state index in [0.29, 0.717) is 12.2 Å². The molecule has 0 radical (unpaired) electrons. The molecule has 0 heterocycles. The molecule has 0 saturated heterocycles. The van der Waals surface area contributed by atoms with Crippen LogP contribution in [0.5, 0.6) is 0 Å². The second kappa shape index (κ2) is 5.11.